The normalized spacial score (nSPS) is 17.9. The van der Waals surface area contributed by atoms with Crippen LogP contribution >= 0.6 is 34.8 Å². The van der Waals surface area contributed by atoms with Gasteiger partial charge in [0.25, 0.3) is 0 Å². The molecule has 5 N–H and O–H groups in total. The number of carboxylic acid groups (broad SMARTS) is 3. The number of nitrogens with zero attached hydrogens (tertiary/aromatic N) is 3. The lowest BCUT2D eigenvalue weighted by Gasteiger charge is -2.33. The highest BCUT2D eigenvalue weighted by Gasteiger charge is 2.28. The number of aliphatic carboxylic acids is 3. The van der Waals surface area contributed by atoms with E-state index in [-0.39, 0.29) is 51.6 Å². The molecule has 1 unspecified atom stereocenters. The zero-order valence-electron chi connectivity index (χ0n) is 19.6. The van der Waals surface area contributed by atoms with Crippen LogP contribution in [0.2, 0.25) is 0 Å². The number of carbonyl (C=O) groups excluding carboxylic acids is 1. The van der Waals surface area contributed by atoms with E-state index in [4.69, 9.17) is 12.2 Å². The van der Waals surface area contributed by atoms with Crippen molar-refractivity contribution in [2.24, 2.45) is 0 Å². The molecule has 1 aliphatic heterocycles. The minimum Gasteiger partial charge on any atom is -0.480 e. The van der Waals surface area contributed by atoms with E-state index in [0.29, 0.717) is 22.6 Å². The molecule has 1 fully saturated rings. The SMILES string of the molecule is O=C(O)CN1CCN(CC(=O)O)CC(CNC(=O)Cc2ccc(NC(=S)I)cc2)N(CC(=O)O)CC1. The molecule has 1 heterocycles. The smallest absolute Gasteiger partial charge is 0.317 e. The third-order valence-corrected chi connectivity index (χ3v) is 5.95. The molecule has 1 atom stereocenters. The minimum atomic E-state index is -1.07. The maximum atomic E-state index is 12.6. The van der Waals surface area contributed by atoms with Gasteiger partial charge in [-0.05, 0) is 40.3 Å². The van der Waals surface area contributed by atoms with Crippen molar-refractivity contribution in [3.8, 4) is 0 Å². The van der Waals surface area contributed by atoms with Crippen molar-refractivity contribution in [3.05, 3.63) is 29.8 Å². The molecule has 1 aromatic rings. The summed E-state index contributed by atoms with van der Waals surface area (Å²) in [5, 5.41) is 33.8. The molecular formula is C22H30IN5O7S. The van der Waals surface area contributed by atoms with E-state index in [9.17, 15) is 34.5 Å². The third-order valence-electron chi connectivity index (χ3n) is 5.57. The van der Waals surface area contributed by atoms with Crippen molar-refractivity contribution < 1.29 is 34.5 Å². The number of hydrogen-bond donors (Lipinski definition) is 5. The first-order valence-corrected chi connectivity index (χ1v) is 12.7. The lowest BCUT2D eigenvalue weighted by molar-refractivity contribution is -0.140. The summed E-state index contributed by atoms with van der Waals surface area (Å²) < 4.78 is 0.599. The van der Waals surface area contributed by atoms with Crippen molar-refractivity contribution in [1.82, 2.24) is 20.0 Å². The summed E-state index contributed by atoms with van der Waals surface area (Å²) in [5.74, 6) is -3.39. The van der Waals surface area contributed by atoms with Crippen LogP contribution in [0.3, 0.4) is 0 Å². The van der Waals surface area contributed by atoms with E-state index in [1.54, 1.807) is 26.8 Å². The first-order chi connectivity index (χ1) is 17.0. The number of halogens is 1. The number of anilines is 1. The predicted molar refractivity (Wildman–Crippen MR) is 145 cm³/mol. The van der Waals surface area contributed by atoms with Crippen molar-refractivity contribution in [1.29, 1.82) is 0 Å². The Bertz CT molecular complexity index is 949. The molecule has 2 rings (SSSR count). The van der Waals surface area contributed by atoms with Gasteiger partial charge in [0, 0.05) is 51.0 Å². The molecule has 0 bridgehead atoms. The summed E-state index contributed by atoms with van der Waals surface area (Å²) in [6.07, 6.45) is 0.117. The summed E-state index contributed by atoms with van der Waals surface area (Å²) in [6, 6.07) is 6.75. The van der Waals surface area contributed by atoms with Gasteiger partial charge in [0.05, 0.1) is 26.1 Å². The monoisotopic (exact) mass is 635 g/mol. The van der Waals surface area contributed by atoms with Crippen LogP contribution in [0.5, 0.6) is 0 Å². The van der Waals surface area contributed by atoms with Gasteiger partial charge in [-0.1, -0.05) is 24.4 Å². The summed E-state index contributed by atoms with van der Waals surface area (Å²) in [7, 11) is 0. The first kappa shape index (κ1) is 29.8. The molecule has 198 valence electrons. The lowest BCUT2D eigenvalue weighted by Crippen LogP contribution is -2.53. The number of thiocarbonyl (C=S) groups is 1. The average Bonchev–Trinajstić information content (AvgIpc) is 2.83. The first-order valence-electron chi connectivity index (χ1n) is 11.2. The van der Waals surface area contributed by atoms with E-state index in [1.807, 2.05) is 34.7 Å². The van der Waals surface area contributed by atoms with Crippen LogP contribution in [0, 0.1) is 0 Å². The van der Waals surface area contributed by atoms with Gasteiger partial charge in [0.2, 0.25) is 5.91 Å². The topological polar surface area (TPSA) is 163 Å². The highest BCUT2D eigenvalue weighted by molar-refractivity contribution is 14.1. The Kier molecular flexibility index (Phi) is 12.4. The minimum absolute atomic E-state index is 0.115. The zero-order valence-corrected chi connectivity index (χ0v) is 22.5. The largest absolute Gasteiger partial charge is 0.480 e. The Labute approximate surface area is 227 Å². The average molecular weight is 635 g/mol. The molecule has 1 amide bonds. The van der Waals surface area contributed by atoms with Gasteiger partial charge in [-0.3, -0.25) is 33.9 Å². The van der Waals surface area contributed by atoms with Crippen LogP contribution in [-0.4, -0.2) is 122 Å². The second kappa shape index (κ2) is 15.0. The third kappa shape index (κ3) is 11.6. The number of nitrogens with one attached hydrogen (secondary N) is 2. The lowest BCUT2D eigenvalue weighted by atomic mass is 10.1. The zero-order chi connectivity index (χ0) is 26.7. The molecule has 0 aliphatic carbocycles. The molecule has 0 radical (unpaired) electrons. The summed E-state index contributed by atoms with van der Waals surface area (Å²) in [6.45, 7) is 0.657. The van der Waals surface area contributed by atoms with Gasteiger partial charge in [0.15, 0.2) is 0 Å². The fraction of sp³-hybridized carbons (Fsp3) is 0.500. The fourth-order valence-electron chi connectivity index (χ4n) is 3.91. The Morgan fingerprint density at radius 2 is 1.44 bits per heavy atom. The molecule has 14 heteroatoms. The number of carbonyl (C=O) groups is 4. The highest BCUT2D eigenvalue weighted by Crippen LogP contribution is 2.12. The molecular weight excluding hydrogens is 605 g/mol. The van der Waals surface area contributed by atoms with Gasteiger partial charge >= 0.3 is 17.9 Å². The Morgan fingerprint density at radius 3 is 2.03 bits per heavy atom. The molecule has 0 spiro atoms. The Balaban J connectivity index is 2.10. The molecule has 1 aromatic carbocycles. The predicted octanol–water partition coefficient (Wildman–Crippen LogP) is 0.0191. The standard InChI is InChI=1S/C22H30IN5O7S/c23-22(36)25-16-3-1-15(2-4-16)9-18(29)24-10-17-11-27(13-20(32)33)6-5-26(12-19(30)31)7-8-28(17)14-21(34)35/h1-4,17H,5-14H2,(H,24,29)(H,25,36)(H,30,31)(H,32,33)(H,34,35). The highest BCUT2D eigenvalue weighted by atomic mass is 127. The van der Waals surface area contributed by atoms with Crippen LogP contribution in [-0.2, 0) is 25.6 Å². The number of rotatable bonds is 11. The van der Waals surface area contributed by atoms with Crippen molar-refractivity contribution >= 4 is 67.3 Å². The van der Waals surface area contributed by atoms with Gasteiger partial charge in [-0.15, -0.1) is 0 Å². The maximum absolute atomic E-state index is 12.6. The summed E-state index contributed by atoms with van der Waals surface area (Å²) in [5.41, 5.74) is 1.59. The van der Waals surface area contributed by atoms with E-state index in [1.165, 1.54) is 0 Å². The fourth-order valence-corrected chi connectivity index (χ4v) is 4.34. The summed E-state index contributed by atoms with van der Waals surface area (Å²) in [4.78, 5) is 51.7. The van der Waals surface area contributed by atoms with E-state index < -0.39 is 23.9 Å². The van der Waals surface area contributed by atoms with E-state index in [2.05, 4.69) is 10.6 Å². The van der Waals surface area contributed by atoms with Crippen LogP contribution < -0.4 is 10.6 Å². The van der Waals surface area contributed by atoms with Gasteiger partial charge in [-0.25, -0.2) is 0 Å². The van der Waals surface area contributed by atoms with Crippen molar-refractivity contribution in [2.45, 2.75) is 12.5 Å². The maximum Gasteiger partial charge on any atom is 0.317 e. The molecule has 1 aliphatic rings. The number of benzene rings is 1. The van der Waals surface area contributed by atoms with Crippen LogP contribution in [0.15, 0.2) is 24.3 Å². The quantitative estimate of drug-likeness (QED) is 0.0961. The van der Waals surface area contributed by atoms with E-state index >= 15 is 0 Å². The van der Waals surface area contributed by atoms with Crippen LogP contribution in [0.25, 0.3) is 0 Å². The molecule has 12 nitrogen and oxygen atoms in total. The number of amides is 1. The summed E-state index contributed by atoms with van der Waals surface area (Å²) >= 11 is 6.99. The van der Waals surface area contributed by atoms with Gasteiger partial charge < -0.3 is 26.0 Å². The van der Waals surface area contributed by atoms with Crippen molar-refractivity contribution in [3.63, 3.8) is 0 Å². The molecule has 0 aromatic heterocycles. The number of hydrogen-bond acceptors (Lipinski definition) is 8. The van der Waals surface area contributed by atoms with Gasteiger partial charge in [-0.2, -0.15) is 0 Å². The van der Waals surface area contributed by atoms with Crippen LogP contribution in [0.1, 0.15) is 5.56 Å². The Hall–Kier alpha value is -2.40. The van der Waals surface area contributed by atoms with E-state index in [0.717, 1.165) is 11.3 Å². The second-order valence-electron chi connectivity index (χ2n) is 8.39. The Morgan fingerprint density at radius 1 is 0.889 bits per heavy atom. The van der Waals surface area contributed by atoms with Crippen LogP contribution in [0.4, 0.5) is 5.69 Å². The number of carboxylic acids is 3. The molecule has 36 heavy (non-hydrogen) atoms. The van der Waals surface area contributed by atoms with Gasteiger partial charge in [0.1, 0.15) is 3.00 Å². The molecule has 1 saturated heterocycles. The van der Waals surface area contributed by atoms with Crippen molar-refractivity contribution in [2.75, 3.05) is 64.2 Å². The second-order valence-corrected chi connectivity index (χ2v) is 10.6. The molecule has 0 saturated carbocycles.